The fourth-order valence-corrected chi connectivity index (χ4v) is 2.69. The molecule has 27 heavy (non-hydrogen) atoms. The minimum Gasteiger partial charge on any atom is -0.467 e. The lowest BCUT2D eigenvalue weighted by Gasteiger charge is -2.16. The topological polar surface area (TPSA) is 111 Å². The number of esters is 2. The number of aromatic nitrogens is 1. The largest absolute Gasteiger partial charge is 0.467 e. The van der Waals surface area contributed by atoms with Gasteiger partial charge in [0.15, 0.2) is 6.61 Å². The first-order valence-corrected chi connectivity index (χ1v) is 8.21. The van der Waals surface area contributed by atoms with Crippen molar-refractivity contribution in [3.63, 3.8) is 0 Å². The van der Waals surface area contributed by atoms with Gasteiger partial charge in [0.2, 0.25) is 5.76 Å². The molecular weight excluding hydrogens is 352 g/mol. The van der Waals surface area contributed by atoms with Crippen LogP contribution in [-0.4, -0.2) is 42.6 Å². The molecule has 1 atom stereocenters. The standard InChI is InChI=1S/C19H18N2O6/c1-25-18(23)15(9-12-10-20-14-6-3-2-5-13(12)14)21-17(22)11-27-19(24)16-7-4-8-26-16/h2-8,10,15,20H,9,11H2,1H3,(H,21,22)/t15-/m0/s1. The molecule has 1 aromatic carbocycles. The van der Waals surface area contributed by atoms with Crippen LogP contribution in [-0.2, 0) is 25.5 Å². The van der Waals surface area contributed by atoms with Crippen molar-refractivity contribution >= 4 is 28.7 Å². The van der Waals surface area contributed by atoms with Crippen molar-refractivity contribution in [1.82, 2.24) is 10.3 Å². The highest BCUT2D eigenvalue weighted by Crippen LogP contribution is 2.19. The molecule has 1 amide bonds. The van der Waals surface area contributed by atoms with Crippen LogP contribution in [0.25, 0.3) is 10.9 Å². The van der Waals surface area contributed by atoms with Gasteiger partial charge in [-0.25, -0.2) is 9.59 Å². The number of amides is 1. The smallest absolute Gasteiger partial charge is 0.374 e. The number of hydrogen-bond acceptors (Lipinski definition) is 6. The lowest BCUT2D eigenvalue weighted by Crippen LogP contribution is -2.44. The number of fused-ring (bicyclic) bond motifs is 1. The predicted octanol–water partition coefficient (Wildman–Crippen LogP) is 1.82. The Kier molecular flexibility index (Phi) is 5.55. The molecule has 0 spiro atoms. The summed E-state index contributed by atoms with van der Waals surface area (Å²) in [6, 6.07) is 9.67. The van der Waals surface area contributed by atoms with E-state index in [1.165, 1.54) is 25.5 Å². The quantitative estimate of drug-likeness (QED) is 0.614. The van der Waals surface area contributed by atoms with E-state index in [1.807, 2.05) is 24.3 Å². The van der Waals surface area contributed by atoms with Gasteiger partial charge in [0, 0.05) is 23.5 Å². The van der Waals surface area contributed by atoms with Gasteiger partial charge < -0.3 is 24.2 Å². The zero-order chi connectivity index (χ0) is 19.2. The number of aromatic amines is 1. The van der Waals surface area contributed by atoms with E-state index in [0.29, 0.717) is 0 Å². The first kappa shape index (κ1) is 18.2. The monoisotopic (exact) mass is 370 g/mol. The molecule has 2 N–H and O–H groups in total. The van der Waals surface area contributed by atoms with Gasteiger partial charge >= 0.3 is 11.9 Å². The second-order valence-corrected chi connectivity index (χ2v) is 5.76. The van der Waals surface area contributed by atoms with Crippen LogP contribution in [0.3, 0.4) is 0 Å². The highest BCUT2D eigenvalue weighted by Gasteiger charge is 2.24. The average Bonchev–Trinajstić information content (AvgIpc) is 3.35. The Bertz CT molecular complexity index is 944. The molecule has 3 aromatic rings. The molecule has 0 unspecified atom stereocenters. The summed E-state index contributed by atoms with van der Waals surface area (Å²) in [4.78, 5) is 39.0. The lowest BCUT2D eigenvalue weighted by molar-refractivity contribution is -0.145. The fourth-order valence-electron chi connectivity index (χ4n) is 2.69. The lowest BCUT2D eigenvalue weighted by atomic mass is 10.0. The zero-order valence-corrected chi connectivity index (χ0v) is 14.6. The molecule has 2 heterocycles. The van der Waals surface area contributed by atoms with Crippen LogP contribution in [0, 0.1) is 0 Å². The number of carbonyl (C=O) groups excluding carboxylic acids is 3. The molecule has 2 aromatic heterocycles. The molecule has 3 rings (SSSR count). The number of H-pyrrole nitrogens is 1. The molecule has 0 aliphatic carbocycles. The van der Waals surface area contributed by atoms with E-state index in [-0.39, 0.29) is 12.2 Å². The maximum atomic E-state index is 12.1. The van der Waals surface area contributed by atoms with E-state index in [0.717, 1.165) is 16.5 Å². The van der Waals surface area contributed by atoms with E-state index < -0.39 is 30.5 Å². The fraction of sp³-hybridized carbons (Fsp3) is 0.211. The number of ether oxygens (including phenoxy) is 2. The van der Waals surface area contributed by atoms with E-state index in [4.69, 9.17) is 13.9 Å². The third-order valence-electron chi connectivity index (χ3n) is 3.98. The van der Waals surface area contributed by atoms with Crippen LogP contribution in [0.2, 0.25) is 0 Å². The number of rotatable bonds is 7. The molecular formula is C19H18N2O6. The third kappa shape index (κ3) is 4.35. The van der Waals surface area contributed by atoms with E-state index in [1.54, 1.807) is 6.20 Å². The molecule has 8 heteroatoms. The Labute approximate surface area is 154 Å². The normalized spacial score (nSPS) is 11.7. The van der Waals surface area contributed by atoms with E-state index in [2.05, 4.69) is 10.3 Å². The van der Waals surface area contributed by atoms with Gasteiger partial charge in [-0.2, -0.15) is 0 Å². The molecule has 0 saturated carbocycles. The number of benzene rings is 1. The van der Waals surface area contributed by atoms with Crippen molar-refractivity contribution in [3.05, 3.63) is 60.2 Å². The van der Waals surface area contributed by atoms with Gasteiger partial charge in [-0.1, -0.05) is 18.2 Å². The predicted molar refractivity (Wildman–Crippen MR) is 94.9 cm³/mol. The summed E-state index contributed by atoms with van der Waals surface area (Å²) < 4.78 is 14.5. The molecule has 8 nitrogen and oxygen atoms in total. The number of carbonyl (C=O) groups is 3. The van der Waals surface area contributed by atoms with E-state index >= 15 is 0 Å². The SMILES string of the molecule is COC(=O)[C@H](Cc1c[nH]c2ccccc12)NC(=O)COC(=O)c1ccco1. The molecule has 0 aliphatic heterocycles. The highest BCUT2D eigenvalue weighted by molar-refractivity contribution is 5.90. The van der Waals surface area contributed by atoms with Crippen LogP contribution < -0.4 is 5.32 Å². The molecule has 0 saturated heterocycles. The maximum Gasteiger partial charge on any atom is 0.374 e. The Morgan fingerprint density at radius 3 is 2.74 bits per heavy atom. The van der Waals surface area contributed by atoms with Crippen LogP contribution >= 0.6 is 0 Å². The maximum absolute atomic E-state index is 12.1. The Hall–Kier alpha value is -3.55. The Morgan fingerprint density at radius 1 is 1.19 bits per heavy atom. The van der Waals surface area contributed by atoms with Crippen molar-refractivity contribution < 1.29 is 28.3 Å². The van der Waals surface area contributed by atoms with Crippen LogP contribution in [0.15, 0.2) is 53.3 Å². The summed E-state index contributed by atoms with van der Waals surface area (Å²) in [6.45, 7) is -0.541. The summed E-state index contributed by atoms with van der Waals surface area (Å²) in [5.41, 5.74) is 1.78. The first-order chi connectivity index (χ1) is 13.1. The average molecular weight is 370 g/mol. The number of methoxy groups -OCH3 is 1. The molecule has 0 bridgehead atoms. The van der Waals surface area contributed by atoms with Gasteiger partial charge in [0.05, 0.1) is 13.4 Å². The van der Waals surface area contributed by atoms with Gasteiger partial charge in [-0.3, -0.25) is 4.79 Å². The molecule has 0 radical (unpaired) electrons. The summed E-state index contributed by atoms with van der Waals surface area (Å²) in [6.07, 6.45) is 3.34. The van der Waals surface area contributed by atoms with Gasteiger partial charge in [0.1, 0.15) is 6.04 Å². The first-order valence-electron chi connectivity index (χ1n) is 8.21. The molecule has 140 valence electrons. The van der Waals surface area contributed by atoms with Crippen molar-refractivity contribution in [2.45, 2.75) is 12.5 Å². The Morgan fingerprint density at radius 2 is 2.00 bits per heavy atom. The summed E-state index contributed by atoms with van der Waals surface area (Å²) in [5.74, 6) is -1.98. The van der Waals surface area contributed by atoms with Gasteiger partial charge in [-0.05, 0) is 23.8 Å². The minimum atomic E-state index is -0.913. The summed E-state index contributed by atoms with van der Waals surface area (Å²) >= 11 is 0. The van der Waals surface area contributed by atoms with Crippen LogP contribution in [0.4, 0.5) is 0 Å². The van der Waals surface area contributed by atoms with Gasteiger partial charge in [0.25, 0.3) is 5.91 Å². The Balaban J connectivity index is 1.63. The number of hydrogen-bond donors (Lipinski definition) is 2. The van der Waals surface area contributed by atoms with Crippen molar-refractivity contribution in [3.8, 4) is 0 Å². The van der Waals surface area contributed by atoms with E-state index in [9.17, 15) is 14.4 Å². The molecule has 0 aliphatic rings. The summed E-state index contributed by atoms with van der Waals surface area (Å²) in [5, 5.41) is 3.49. The minimum absolute atomic E-state index is 0.00823. The van der Waals surface area contributed by atoms with Crippen molar-refractivity contribution in [2.75, 3.05) is 13.7 Å². The molecule has 0 fully saturated rings. The van der Waals surface area contributed by atoms with Crippen molar-refractivity contribution in [1.29, 1.82) is 0 Å². The van der Waals surface area contributed by atoms with Crippen LogP contribution in [0.5, 0.6) is 0 Å². The second kappa shape index (κ2) is 8.22. The number of nitrogens with one attached hydrogen (secondary N) is 2. The zero-order valence-electron chi connectivity index (χ0n) is 14.6. The van der Waals surface area contributed by atoms with Gasteiger partial charge in [-0.15, -0.1) is 0 Å². The van der Waals surface area contributed by atoms with Crippen molar-refractivity contribution in [2.24, 2.45) is 0 Å². The summed E-state index contributed by atoms with van der Waals surface area (Å²) in [7, 11) is 1.24. The third-order valence-corrected chi connectivity index (χ3v) is 3.98. The number of furan rings is 1. The second-order valence-electron chi connectivity index (χ2n) is 5.76. The number of para-hydroxylation sites is 1. The highest BCUT2D eigenvalue weighted by atomic mass is 16.5. The van der Waals surface area contributed by atoms with Crippen LogP contribution in [0.1, 0.15) is 16.1 Å².